The van der Waals surface area contributed by atoms with Gasteiger partial charge in [-0.1, -0.05) is 6.07 Å². The van der Waals surface area contributed by atoms with E-state index >= 15 is 0 Å². The van der Waals surface area contributed by atoms with E-state index in [4.69, 9.17) is 5.11 Å². The maximum Gasteiger partial charge on any atom is 0.407 e. The first kappa shape index (κ1) is 11.4. The Morgan fingerprint density at radius 1 is 1.12 bits per heavy atom. The molecule has 1 fully saturated rings. The van der Waals surface area contributed by atoms with Crippen molar-refractivity contribution in [3.8, 4) is 0 Å². The third-order valence-corrected chi connectivity index (χ3v) is 2.72. The van der Waals surface area contributed by atoms with Crippen molar-refractivity contribution in [3.63, 3.8) is 0 Å². The van der Waals surface area contributed by atoms with Crippen LogP contribution in [0.25, 0.3) is 0 Å². The smallest absolute Gasteiger partial charge is 0.407 e. The van der Waals surface area contributed by atoms with Gasteiger partial charge in [-0.25, -0.2) is 4.79 Å². The summed E-state index contributed by atoms with van der Waals surface area (Å²) in [6.07, 6.45) is 0.635. The fourth-order valence-electron chi connectivity index (χ4n) is 1.75. The molecule has 1 aromatic rings. The molecule has 0 bridgehead atoms. The summed E-state index contributed by atoms with van der Waals surface area (Å²) in [5.41, 5.74) is 0.399. The topological polar surface area (TPSA) is 73.7 Å². The van der Waals surface area contributed by atoms with Gasteiger partial charge in [-0.3, -0.25) is 9.78 Å². The molecule has 1 aliphatic rings. The van der Waals surface area contributed by atoms with Crippen molar-refractivity contribution in [1.29, 1.82) is 0 Å². The van der Waals surface area contributed by atoms with E-state index in [-0.39, 0.29) is 5.91 Å². The summed E-state index contributed by atoms with van der Waals surface area (Å²) < 4.78 is 0. The minimum Gasteiger partial charge on any atom is -0.465 e. The minimum atomic E-state index is -0.935. The summed E-state index contributed by atoms with van der Waals surface area (Å²) in [6, 6.07) is 5.17. The number of rotatable bonds is 1. The number of carbonyl (C=O) groups excluding carboxylic acids is 1. The molecule has 0 unspecified atom stereocenters. The van der Waals surface area contributed by atoms with Gasteiger partial charge in [0.1, 0.15) is 5.69 Å². The molecule has 0 atom stereocenters. The van der Waals surface area contributed by atoms with E-state index in [1.165, 1.54) is 4.90 Å². The number of carbonyl (C=O) groups is 2. The molecule has 17 heavy (non-hydrogen) atoms. The Morgan fingerprint density at radius 3 is 2.29 bits per heavy atom. The average Bonchev–Trinajstić information content (AvgIpc) is 2.39. The molecule has 0 aliphatic carbocycles. The van der Waals surface area contributed by atoms with Crippen LogP contribution >= 0.6 is 0 Å². The summed E-state index contributed by atoms with van der Waals surface area (Å²) in [7, 11) is 0. The van der Waals surface area contributed by atoms with Crippen LogP contribution in [0, 0.1) is 0 Å². The Kier molecular flexibility index (Phi) is 3.22. The second-order valence-corrected chi connectivity index (χ2v) is 3.78. The van der Waals surface area contributed by atoms with Gasteiger partial charge in [0.2, 0.25) is 0 Å². The lowest BCUT2D eigenvalue weighted by molar-refractivity contribution is 0.0619. The third-order valence-electron chi connectivity index (χ3n) is 2.72. The number of nitrogens with zero attached hydrogens (tertiary/aromatic N) is 3. The van der Waals surface area contributed by atoms with Gasteiger partial charge in [0.25, 0.3) is 5.91 Å². The van der Waals surface area contributed by atoms with E-state index in [0.717, 1.165) is 0 Å². The molecule has 6 nitrogen and oxygen atoms in total. The zero-order valence-electron chi connectivity index (χ0n) is 9.24. The molecule has 90 valence electrons. The molecule has 2 heterocycles. The van der Waals surface area contributed by atoms with Crippen molar-refractivity contribution >= 4 is 12.0 Å². The molecule has 1 saturated heterocycles. The fourth-order valence-corrected chi connectivity index (χ4v) is 1.75. The Bertz CT molecular complexity index is 413. The second-order valence-electron chi connectivity index (χ2n) is 3.78. The summed E-state index contributed by atoms with van der Waals surface area (Å²) in [6.45, 7) is 1.55. The van der Waals surface area contributed by atoms with Gasteiger partial charge in [0.05, 0.1) is 0 Å². The molecule has 2 amide bonds. The van der Waals surface area contributed by atoms with Crippen molar-refractivity contribution in [2.24, 2.45) is 0 Å². The van der Waals surface area contributed by atoms with Crippen molar-refractivity contribution in [3.05, 3.63) is 30.1 Å². The third kappa shape index (κ3) is 2.52. The van der Waals surface area contributed by atoms with E-state index in [9.17, 15) is 9.59 Å². The Balaban J connectivity index is 1.98. The Labute approximate surface area is 98.5 Å². The molecule has 1 aliphatic heterocycles. The van der Waals surface area contributed by atoms with Gasteiger partial charge in [0.15, 0.2) is 0 Å². The highest BCUT2D eigenvalue weighted by molar-refractivity contribution is 5.92. The number of piperazine rings is 1. The first-order chi connectivity index (χ1) is 8.18. The highest BCUT2D eigenvalue weighted by atomic mass is 16.4. The highest BCUT2D eigenvalue weighted by Gasteiger charge is 2.24. The Hall–Kier alpha value is -2.11. The lowest BCUT2D eigenvalue weighted by Gasteiger charge is -2.32. The molecule has 2 rings (SSSR count). The van der Waals surface area contributed by atoms with Gasteiger partial charge < -0.3 is 14.9 Å². The summed E-state index contributed by atoms with van der Waals surface area (Å²) in [4.78, 5) is 29.6. The predicted molar refractivity (Wildman–Crippen MR) is 59.7 cm³/mol. The molecule has 1 aromatic heterocycles. The standard InChI is InChI=1S/C11H13N3O3/c15-10(9-3-1-2-4-12-9)13-5-7-14(8-6-13)11(16)17/h1-4H,5-8H2,(H,16,17). The van der Waals surface area contributed by atoms with Gasteiger partial charge in [0, 0.05) is 32.4 Å². The molecule has 0 saturated carbocycles. The van der Waals surface area contributed by atoms with Gasteiger partial charge >= 0.3 is 6.09 Å². The predicted octanol–water partition coefficient (Wildman–Crippen LogP) is 0.517. The quantitative estimate of drug-likeness (QED) is 0.770. The van der Waals surface area contributed by atoms with Crippen molar-refractivity contribution in [2.75, 3.05) is 26.2 Å². The largest absolute Gasteiger partial charge is 0.465 e. The van der Waals surface area contributed by atoms with E-state index in [1.807, 2.05) is 0 Å². The van der Waals surface area contributed by atoms with Crippen LogP contribution in [0.2, 0.25) is 0 Å². The fraction of sp³-hybridized carbons (Fsp3) is 0.364. The maximum atomic E-state index is 12.0. The molecular formula is C11H13N3O3. The molecular weight excluding hydrogens is 222 g/mol. The van der Waals surface area contributed by atoms with E-state index in [2.05, 4.69) is 4.98 Å². The summed E-state index contributed by atoms with van der Waals surface area (Å²) in [5.74, 6) is -0.143. The molecule has 6 heteroatoms. The number of hydrogen-bond acceptors (Lipinski definition) is 3. The maximum absolute atomic E-state index is 12.0. The van der Waals surface area contributed by atoms with Crippen molar-refractivity contribution < 1.29 is 14.7 Å². The van der Waals surface area contributed by atoms with Crippen LogP contribution < -0.4 is 0 Å². The average molecular weight is 235 g/mol. The SMILES string of the molecule is O=C(O)N1CCN(C(=O)c2ccccn2)CC1. The number of aromatic nitrogens is 1. The van der Waals surface area contributed by atoms with E-state index < -0.39 is 6.09 Å². The molecule has 0 aromatic carbocycles. The van der Waals surface area contributed by atoms with Crippen LogP contribution in [0.3, 0.4) is 0 Å². The van der Waals surface area contributed by atoms with Gasteiger partial charge in [-0.05, 0) is 12.1 Å². The van der Waals surface area contributed by atoms with Gasteiger partial charge in [-0.2, -0.15) is 0 Å². The zero-order valence-corrected chi connectivity index (χ0v) is 9.24. The number of amides is 2. The first-order valence-corrected chi connectivity index (χ1v) is 5.36. The lowest BCUT2D eigenvalue weighted by atomic mass is 10.2. The zero-order chi connectivity index (χ0) is 12.3. The van der Waals surface area contributed by atoms with E-state index in [0.29, 0.717) is 31.9 Å². The Morgan fingerprint density at radius 2 is 1.76 bits per heavy atom. The number of carboxylic acid groups (broad SMARTS) is 1. The van der Waals surface area contributed by atoms with Gasteiger partial charge in [-0.15, -0.1) is 0 Å². The summed E-state index contributed by atoms with van der Waals surface area (Å²) >= 11 is 0. The van der Waals surface area contributed by atoms with E-state index in [1.54, 1.807) is 29.3 Å². The highest BCUT2D eigenvalue weighted by Crippen LogP contribution is 2.06. The van der Waals surface area contributed by atoms with Crippen LogP contribution in [-0.2, 0) is 0 Å². The van der Waals surface area contributed by atoms with Crippen LogP contribution in [0.5, 0.6) is 0 Å². The number of pyridine rings is 1. The van der Waals surface area contributed by atoms with Crippen LogP contribution in [-0.4, -0.2) is 58.1 Å². The first-order valence-electron chi connectivity index (χ1n) is 5.36. The minimum absolute atomic E-state index is 0.143. The molecule has 1 N–H and O–H groups in total. The van der Waals surface area contributed by atoms with Crippen LogP contribution in [0.4, 0.5) is 4.79 Å². The number of hydrogen-bond donors (Lipinski definition) is 1. The molecule has 0 radical (unpaired) electrons. The van der Waals surface area contributed by atoms with Crippen molar-refractivity contribution in [1.82, 2.24) is 14.8 Å². The van der Waals surface area contributed by atoms with Crippen LogP contribution in [0.1, 0.15) is 10.5 Å². The molecule has 0 spiro atoms. The summed E-state index contributed by atoms with van der Waals surface area (Å²) in [5, 5.41) is 8.79. The van der Waals surface area contributed by atoms with Crippen LogP contribution in [0.15, 0.2) is 24.4 Å². The van der Waals surface area contributed by atoms with Crippen molar-refractivity contribution in [2.45, 2.75) is 0 Å². The monoisotopic (exact) mass is 235 g/mol. The second kappa shape index (κ2) is 4.82. The normalized spacial score (nSPS) is 15.8. The lowest BCUT2D eigenvalue weighted by Crippen LogP contribution is -2.50.